The fourth-order valence-electron chi connectivity index (χ4n) is 3.53. The first-order valence-electron chi connectivity index (χ1n) is 10.4. The number of carbonyl (C=O) groups excluding carboxylic acids is 1. The molecule has 8 nitrogen and oxygen atoms in total. The second kappa shape index (κ2) is 8.55. The van der Waals surface area contributed by atoms with Gasteiger partial charge in [-0.25, -0.2) is 9.78 Å². The quantitative estimate of drug-likeness (QED) is 0.680. The van der Waals surface area contributed by atoms with Gasteiger partial charge >= 0.3 is 6.09 Å². The largest absolute Gasteiger partial charge is 0.486 e. The summed E-state index contributed by atoms with van der Waals surface area (Å²) in [6, 6.07) is 5.95. The number of nitrogens with one attached hydrogen (secondary N) is 1. The number of carbonyl (C=O) groups is 1. The number of ether oxygens (including phenoxy) is 3. The van der Waals surface area contributed by atoms with E-state index in [9.17, 15) is 4.79 Å². The Morgan fingerprint density at radius 3 is 2.81 bits per heavy atom. The number of hydrogen-bond donors (Lipinski definition) is 1. The predicted octanol–water partition coefficient (Wildman–Crippen LogP) is 4.03. The average Bonchev–Trinajstić information content (AvgIpc) is 3.27. The Morgan fingerprint density at radius 1 is 1.26 bits per heavy atom. The van der Waals surface area contributed by atoms with Gasteiger partial charge in [-0.05, 0) is 57.0 Å². The van der Waals surface area contributed by atoms with Crippen LogP contribution < -0.4 is 4.74 Å². The summed E-state index contributed by atoms with van der Waals surface area (Å²) in [7, 11) is 0. The van der Waals surface area contributed by atoms with Crippen molar-refractivity contribution in [3.8, 4) is 16.9 Å². The molecule has 0 spiro atoms. The smallest absolute Gasteiger partial charge is 0.410 e. The lowest BCUT2D eigenvalue weighted by atomic mass is 10.1. The Kier molecular flexibility index (Phi) is 5.82. The molecule has 1 amide bonds. The van der Waals surface area contributed by atoms with Gasteiger partial charge in [0.1, 0.15) is 29.1 Å². The minimum Gasteiger partial charge on any atom is -0.486 e. The van der Waals surface area contributed by atoms with Crippen LogP contribution in [0.1, 0.15) is 27.7 Å². The summed E-state index contributed by atoms with van der Waals surface area (Å²) in [6.45, 7) is 8.84. The number of aromatic amines is 1. The number of aromatic nitrogens is 3. The van der Waals surface area contributed by atoms with E-state index in [2.05, 4.69) is 15.0 Å². The molecule has 0 aliphatic carbocycles. The molecule has 0 saturated carbocycles. The molecule has 0 unspecified atom stereocenters. The first kappa shape index (κ1) is 21.1. The average molecular weight is 425 g/mol. The van der Waals surface area contributed by atoms with Gasteiger partial charge in [0, 0.05) is 31.3 Å². The van der Waals surface area contributed by atoms with Gasteiger partial charge in [0.15, 0.2) is 0 Å². The van der Waals surface area contributed by atoms with Crippen LogP contribution in [-0.4, -0.2) is 63.5 Å². The van der Waals surface area contributed by atoms with Crippen molar-refractivity contribution in [2.75, 3.05) is 19.7 Å². The van der Waals surface area contributed by atoms with Crippen molar-refractivity contribution in [2.45, 2.75) is 45.5 Å². The van der Waals surface area contributed by atoms with Crippen LogP contribution in [0, 0.1) is 0 Å². The summed E-state index contributed by atoms with van der Waals surface area (Å²) in [4.78, 5) is 26.1. The maximum absolute atomic E-state index is 12.5. The lowest BCUT2D eigenvalue weighted by molar-refractivity contribution is -0.0775. The third-order valence-corrected chi connectivity index (χ3v) is 5.05. The molecular formula is C23H28N4O4. The van der Waals surface area contributed by atoms with Gasteiger partial charge in [-0.1, -0.05) is 0 Å². The Hall–Kier alpha value is -3.13. The highest BCUT2D eigenvalue weighted by molar-refractivity contribution is 5.86. The fraction of sp³-hybridized carbons (Fsp3) is 0.435. The van der Waals surface area contributed by atoms with Crippen LogP contribution in [0.2, 0.25) is 0 Å². The monoisotopic (exact) mass is 424 g/mol. The van der Waals surface area contributed by atoms with E-state index in [0.717, 1.165) is 16.6 Å². The van der Waals surface area contributed by atoms with Gasteiger partial charge in [0.05, 0.1) is 18.7 Å². The van der Waals surface area contributed by atoms with Crippen molar-refractivity contribution in [2.24, 2.45) is 0 Å². The molecule has 2 atom stereocenters. The first-order chi connectivity index (χ1) is 14.8. The van der Waals surface area contributed by atoms with Gasteiger partial charge in [0.2, 0.25) is 0 Å². The summed E-state index contributed by atoms with van der Waals surface area (Å²) < 4.78 is 17.7. The minimum absolute atomic E-state index is 0.288. The number of fused-ring (bicyclic) bond motifs is 1. The number of H-pyrrole nitrogens is 1. The molecule has 3 heterocycles. The summed E-state index contributed by atoms with van der Waals surface area (Å²) in [5.74, 6) is 0.632. The summed E-state index contributed by atoms with van der Waals surface area (Å²) in [5, 5.41) is 0. The highest BCUT2D eigenvalue weighted by atomic mass is 16.6. The van der Waals surface area contributed by atoms with Crippen molar-refractivity contribution in [3.05, 3.63) is 43.0 Å². The molecule has 1 aromatic carbocycles. The highest BCUT2D eigenvalue weighted by Gasteiger charge is 2.32. The maximum atomic E-state index is 12.5. The van der Waals surface area contributed by atoms with E-state index >= 15 is 0 Å². The van der Waals surface area contributed by atoms with Crippen molar-refractivity contribution in [3.63, 3.8) is 0 Å². The molecule has 1 aliphatic rings. The number of nitrogens with zero attached hydrogens (tertiary/aromatic N) is 3. The molecule has 1 fully saturated rings. The van der Waals surface area contributed by atoms with Crippen LogP contribution in [0.25, 0.3) is 22.2 Å². The second-order valence-electron chi connectivity index (χ2n) is 8.66. The van der Waals surface area contributed by atoms with Gasteiger partial charge < -0.3 is 24.1 Å². The topological polar surface area (TPSA) is 89.6 Å². The van der Waals surface area contributed by atoms with Crippen molar-refractivity contribution >= 4 is 17.1 Å². The molecule has 8 heteroatoms. The van der Waals surface area contributed by atoms with Crippen molar-refractivity contribution in [1.82, 2.24) is 19.9 Å². The fourth-order valence-corrected chi connectivity index (χ4v) is 3.53. The Morgan fingerprint density at radius 2 is 2.06 bits per heavy atom. The summed E-state index contributed by atoms with van der Waals surface area (Å²) in [6.07, 6.45) is 6.18. The highest BCUT2D eigenvalue weighted by Crippen LogP contribution is 2.31. The predicted molar refractivity (Wildman–Crippen MR) is 117 cm³/mol. The Balaban J connectivity index is 1.54. The van der Waals surface area contributed by atoms with Crippen LogP contribution in [0.4, 0.5) is 4.79 Å². The Labute approximate surface area is 181 Å². The molecule has 3 aromatic rings. The van der Waals surface area contributed by atoms with Gasteiger partial charge in [-0.3, -0.25) is 4.98 Å². The van der Waals surface area contributed by atoms with Crippen LogP contribution in [-0.2, 0) is 9.47 Å². The Bertz CT molecular complexity index is 1050. The lowest BCUT2D eigenvalue weighted by Gasteiger charge is -2.36. The van der Waals surface area contributed by atoms with Crippen LogP contribution >= 0.6 is 0 Å². The van der Waals surface area contributed by atoms with E-state index in [1.165, 1.54) is 0 Å². The third-order valence-electron chi connectivity index (χ3n) is 5.05. The normalized spacial score (nSPS) is 18.1. The molecule has 1 N–H and O–H groups in total. The van der Waals surface area contributed by atoms with E-state index in [1.54, 1.807) is 17.3 Å². The van der Waals surface area contributed by atoms with Crippen LogP contribution in [0.5, 0.6) is 5.75 Å². The zero-order valence-electron chi connectivity index (χ0n) is 18.3. The zero-order chi connectivity index (χ0) is 22.0. The number of hydrogen-bond acceptors (Lipinski definition) is 6. The van der Waals surface area contributed by atoms with E-state index in [1.807, 2.05) is 58.3 Å². The number of benzene rings is 1. The molecule has 0 radical (unpaired) electrons. The second-order valence-corrected chi connectivity index (χ2v) is 8.66. The molecule has 4 rings (SSSR count). The number of rotatable bonds is 4. The molecule has 0 bridgehead atoms. The van der Waals surface area contributed by atoms with E-state index in [-0.39, 0.29) is 18.3 Å². The summed E-state index contributed by atoms with van der Waals surface area (Å²) >= 11 is 0. The van der Waals surface area contributed by atoms with Crippen LogP contribution in [0.3, 0.4) is 0 Å². The zero-order valence-corrected chi connectivity index (χ0v) is 18.3. The first-order valence-corrected chi connectivity index (χ1v) is 10.4. The van der Waals surface area contributed by atoms with E-state index < -0.39 is 5.60 Å². The van der Waals surface area contributed by atoms with Crippen molar-refractivity contribution in [1.29, 1.82) is 0 Å². The van der Waals surface area contributed by atoms with Gasteiger partial charge in [0.25, 0.3) is 0 Å². The lowest BCUT2D eigenvalue weighted by Crippen LogP contribution is -2.51. The SMILES string of the molecule is C[C@@H](Oc1cc(-c2cc[nH]c2)cc2nccnc12)[C@@H]1CN(C(=O)OC(C)(C)C)CCO1. The molecule has 1 saturated heterocycles. The van der Waals surface area contributed by atoms with E-state index in [4.69, 9.17) is 14.2 Å². The molecule has 31 heavy (non-hydrogen) atoms. The maximum Gasteiger partial charge on any atom is 0.410 e. The minimum atomic E-state index is -0.538. The molecular weight excluding hydrogens is 396 g/mol. The number of morpholine rings is 1. The van der Waals surface area contributed by atoms with Gasteiger partial charge in [-0.15, -0.1) is 0 Å². The van der Waals surface area contributed by atoms with Crippen molar-refractivity contribution < 1.29 is 19.0 Å². The van der Waals surface area contributed by atoms with Crippen LogP contribution in [0.15, 0.2) is 43.0 Å². The summed E-state index contributed by atoms with van der Waals surface area (Å²) in [5.41, 5.74) is 2.92. The molecule has 164 valence electrons. The number of amides is 1. The standard InChI is InChI=1S/C23H28N4O4/c1-15(20-14-27(9-10-29-20)22(28)31-23(2,3)4)30-19-12-17(16-5-6-24-13-16)11-18-21(19)26-8-7-25-18/h5-8,11-13,15,20,24H,9-10,14H2,1-4H3/t15-,20+/m1/s1. The van der Waals surface area contributed by atoms with Gasteiger partial charge in [-0.2, -0.15) is 0 Å². The van der Waals surface area contributed by atoms with E-state index in [0.29, 0.717) is 31.0 Å². The molecule has 1 aliphatic heterocycles. The molecule has 2 aromatic heterocycles. The third kappa shape index (κ3) is 4.96.